The Morgan fingerprint density at radius 2 is 2.19 bits per heavy atom. The Balaban J connectivity index is 2.06. The molecule has 0 radical (unpaired) electrons. The number of thiazole rings is 1. The van der Waals surface area contributed by atoms with Crippen molar-refractivity contribution >= 4 is 22.9 Å². The van der Waals surface area contributed by atoms with Crippen molar-refractivity contribution in [2.45, 2.75) is 32.8 Å². The molecule has 1 aliphatic carbocycles. The van der Waals surface area contributed by atoms with E-state index in [1.54, 1.807) is 24.5 Å². The average molecular weight is 324 g/mol. The van der Waals surface area contributed by atoms with Gasteiger partial charge in [0.25, 0.3) is 0 Å². The third-order valence-electron chi connectivity index (χ3n) is 3.82. The van der Waals surface area contributed by atoms with E-state index in [9.17, 15) is 5.11 Å². The summed E-state index contributed by atoms with van der Waals surface area (Å²) < 4.78 is 5.40. The second-order valence-corrected chi connectivity index (χ2v) is 7.70. The number of aliphatic hydroxyl groups excluding tert-OH is 1. The SMILES string of the molecule is COc1cc(Cl)ccc1-c1nc2c(s1)C(O)CC(C)(C)C2. The van der Waals surface area contributed by atoms with Gasteiger partial charge >= 0.3 is 0 Å². The van der Waals surface area contributed by atoms with Crippen LogP contribution in [0.15, 0.2) is 18.2 Å². The van der Waals surface area contributed by atoms with Crippen molar-refractivity contribution in [2.75, 3.05) is 7.11 Å². The number of ether oxygens (including phenoxy) is 1. The zero-order valence-electron chi connectivity index (χ0n) is 12.3. The minimum absolute atomic E-state index is 0.0852. The first-order valence-electron chi connectivity index (χ1n) is 6.91. The molecule has 1 aromatic heterocycles. The van der Waals surface area contributed by atoms with Crippen LogP contribution in [-0.4, -0.2) is 17.2 Å². The van der Waals surface area contributed by atoms with Crippen LogP contribution in [0.4, 0.5) is 0 Å². The van der Waals surface area contributed by atoms with Gasteiger partial charge < -0.3 is 9.84 Å². The molecule has 0 bridgehead atoms. The molecule has 0 spiro atoms. The predicted octanol–water partition coefficient (Wildman–Crippen LogP) is 4.48. The van der Waals surface area contributed by atoms with E-state index in [-0.39, 0.29) is 5.41 Å². The number of benzene rings is 1. The van der Waals surface area contributed by atoms with Gasteiger partial charge in [-0.25, -0.2) is 4.98 Å². The average Bonchev–Trinajstić information content (AvgIpc) is 2.80. The van der Waals surface area contributed by atoms with E-state index in [1.807, 2.05) is 12.1 Å². The summed E-state index contributed by atoms with van der Waals surface area (Å²) in [6.45, 7) is 4.34. The number of rotatable bonds is 2. The van der Waals surface area contributed by atoms with Crippen LogP contribution in [0.1, 0.15) is 36.9 Å². The first-order chi connectivity index (χ1) is 9.89. The van der Waals surface area contributed by atoms with E-state index in [0.29, 0.717) is 10.8 Å². The first kappa shape index (κ1) is 14.8. The lowest BCUT2D eigenvalue weighted by Gasteiger charge is -2.31. The summed E-state index contributed by atoms with van der Waals surface area (Å²) in [7, 11) is 1.63. The quantitative estimate of drug-likeness (QED) is 0.886. The van der Waals surface area contributed by atoms with Crippen molar-refractivity contribution in [3.05, 3.63) is 33.8 Å². The molecule has 0 aliphatic heterocycles. The maximum Gasteiger partial charge on any atom is 0.130 e. The third-order valence-corrected chi connectivity index (χ3v) is 5.28. The Bertz CT molecular complexity index is 681. The summed E-state index contributed by atoms with van der Waals surface area (Å²) in [4.78, 5) is 5.73. The van der Waals surface area contributed by atoms with E-state index in [4.69, 9.17) is 21.3 Å². The maximum absolute atomic E-state index is 10.3. The van der Waals surface area contributed by atoms with E-state index in [1.165, 1.54) is 0 Å². The van der Waals surface area contributed by atoms with E-state index in [2.05, 4.69) is 13.8 Å². The molecule has 0 fully saturated rings. The van der Waals surface area contributed by atoms with Crippen molar-refractivity contribution in [1.82, 2.24) is 4.98 Å². The van der Waals surface area contributed by atoms with Gasteiger partial charge in [0.15, 0.2) is 0 Å². The van der Waals surface area contributed by atoms with Crippen molar-refractivity contribution in [3.63, 3.8) is 0 Å². The van der Waals surface area contributed by atoms with Gasteiger partial charge in [-0.3, -0.25) is 0 Å². The molecular weight excluding hydrogens is 306 g/mol. The van der Waals surface area contributed by atoms with Crippen molar-refractivity contribution in [2.24, 2.45) is 5.41 Å². The maximum atomic E-state index is 10.3. The highest BCUT2D eigenvalue weighted by molar-refractivity contribution is 7.15. The van der Waals surface area contributed by atoms with E-state index >= 15 is 0 Å². The van der Waals surface area contributed by atoms with Gasteiger partial charge in [0.1, 0.15) is 10.8 Å². The molecule has 1 heterocycles. The Morgan fingerprint density at radius 3 is 2.90 bits per heavy atom. The van der Waals surface area contributed by atoms with Gasteiger partial charge in [0.05, 0.1) is 29.3 Å². The Morgan fingerprint density at radius 1 is 1.43 bits per heavy atom. The first-order valence-corrected chi connectivity index (χ1v) is 8.11. The number of hydrogen-bond acceptors (Lipinski definition) is 4. The van der Waals surface area contributed by atoms with Crippen molar-refractivity contribution < 1.29 is 9.84 Å². The zero-order chi connectivity index (χ0) is 15.2. The fourth-order valence-corrected chi connectivity index (χ4v) is 4.11. The Labute approximate surface area is 133 Å². The summed E-state index contributed by atoms with van der Waals surface area (Å²) in [5.41, 5.74) is 2.02. The van der Waals surface area contributed by atoms with Gasteiger partial charge in [-0.15, -0.1) is 11.3 Å². The minimum Gasteiger partial charge on any atom is -0.496 e. The minimum atomic E-state index is -0.423. The molecule has 3 rings (SSSR count). The molecule has 1 aliphatic rings. The second kappa shape index (κ2) is 5.27. The number of hydrogen-bond donors (Lipinski definition) is 1. The molecule has 21 heavy (non-hydrogen) atoms. The van der Waals surface area contributed by atoms with Crippen molar-refractivity contribution in [3.8, 4) is 16.3 Å². The van der Waals surface area contributed by atoms with Gasteiger partial charge in [-0.05, 0) is 36.5 Å². The number of fused-ring (bicyclic) bond motifs is 1. The zero-order valence-corrected chi connectivity index (χ0v) is 13.9. The highest BCUT2D eigenvalue weighted by atomic mass is 35.5. The largest absolute Gasteiger partial charge is 0.496 e. The number of methoxy groups -OCH3 is 1. The van der Waals surface area contributed by atoms with Gasteiger partial charge in [-0.1, -0.05) is 25.4 Å². The molecule has 1 aromatic carbocycles. The van der Waals surface area contributed by atoms with Gasteiger partial charge in [0.2, 0.25) is 0 Å². The van der Waals surface area contributed by atoms with Crippen molar-refractivity contribution in [1.29, 1.82) is 0 Å². The number of aliphatic hydroxyl groups is 1. The van der Waals surface area contributed by atoms with Crippen LogP contribution in [0.5, 0.6) is 5.75 Å². The van der Waals surface area contributed by atoms with E-state index in [0.717, 1.165) is 34.0 Å². The molecule has 1 unspecified atom stereocenters. The summed E-state index contributed by atoms with van der Waals surface area (Å²) in [6.07, 6.45) is 1.25. The normalized spacial score (nSPS) is 20.1. The molecule has 0 saturated heterocycles. The van der Waals surface area contributed by atoms with Crippen LogP contribution in [0.25, 0.3) is 10.6 Å². The lowest BCUT2D eigenvalue weighted by molar-refractivity contribution is 0.102. The number of aromatic nitrogens is 1. The van der Waals surface area contributed by atoms with Crippen LogP contribution in [0.3, 0.4) is 0 Å². The van der Waals surface area contributed by atoms with E-state index < -0.39 is 6.10 Å². The van der Waals surface area contributed by atoms with Crippen LogP contribution in [0, 0.1) is 5.41 Å². The fraction of sp³-hybridized carbons (Fsp3) is 0.438. The van der Waals surface area contributed by atoms with Gasteiger partial charge in [0, 0.05) is 5.02 Å². The molecule has 112 valence electrons. The molecule has 0 saturated carbocycles. The fourth-order valence-electron chi connectivity index (χ4n) is 2.85. The highest BCUT2D eigenvalue weighted by Gasteiger charge is 2.34. The predicted molar refractivity (Wildman–Crippen MR) is 86.2 cm³/mol. The van der Waals surface area contributed by atoms with Crippen LogP contribution in [-0.2, 0) is 6.42 Å². The third kappa shape index (κ3) is 2.80. The summed E-state index contributed by atoms with van der Waals surface area (Å²) in [5.74, 6) is 0.711. The standard InChI is InChI=1S/C16H18ClNO2S/c1-16(2)7-11-14(12(19)8-16)21-15(18-11)10-5-4-9(17)6-13(10)20-3/h4-6,12,19H,7-8H2,1-3H3. The molecular formula is C16H18ClNO2S. The van der Waals surface area contributed by atoms with Crippen LogP contribution < -0.4 is 4.74 Å². The molecule has 0 amide bonds. The number of halogens is 1. The molecule has 3 nitrogen and oxygen atoms in total. The van der Waals surface area contributed by atoms with Gasteiger partial charge in [-0.2, -0.15) is 0 Å². The summed E-state index contributed by atoms with van der Waals surface area (Å²) in [5, 5.41) is 11.9. The lowest BCUT2D eigenvalue weighted by atomic mass is 9.77. The molecule has 2 aromatic rings. The Hall–Kier alpha value is -1.10. The highest BCUT2D eigenvalue weighted by Crippen LogP contribution is 2.46. The van der Waals surface area contributed by atoms with Crippen LogP contribution >= 0.6 is 22.9 Å². The molecule has 1 N–H and O–H groups in total. The second-order valence-electron chi connectivity index (χ2n) is 6.24. The molecule has 5 heteroatoms. The molecule has 1 atom stereocenters. The number of nitrogens with zero attached hydrogens (tertiary/aromatic N) is 1. The lowest BCUT2D eigenvalue weighted by Crippen LogP contribution is -2.24. The van der Waals surface area contributed by atoms with Crippen LogP contribution in [0.2, 0.25) is 5.02 Å². The smallest absolute Gasteiger partial charge is 0.130 e. The monoisotopic (exact) mass is 323 g/mol. The summed E-state index contributed by atoms with van der Waals surface area (Å²) in [6, 6.07) is 5.54. The Kier molecular flexibility index (Phi) is 3.72. The summed E-state index contributed by atoms with van der Waals surface area (Å²) >= 11 is 7.56. The topological polar surface area (TPSA) is 42.4 Å².